The number of aliphatic carboxylic acids is 1. The molecule has 3 nitrogen and oxygen atoms in total. The SMILES string of the molecule is CCCC1(C(=O)O)CCN(C(C)(C)C)CC1. The summed E-state index contributed by atoms with van der Waals surface area (Å²) < 4.78 is 0. The van der Waals surface area contributed by atoms with E-state index in [1.807, 2.05) is 0 Å². The summed E-state index contributed by atoms with van der Waals surface area (Å²) in [5.41, 5.74) is -0.284. The monoisotopic (exact) mass is 227 g/mol. The highest BCUT2D eigenvalue weighted by atomic mass is 16.4. The van der Waals surface area contributed by atoms with Gasteiger partial charge in [0.25, 0.3) is 0 Å². The molecule has 0 unspecified atom stereocenters. The Kier molecular flexibility index (Phi) is 4.00. The van der Waals surface area contributed by atoms with E-state index < -0.39 is 11.4 Å². The first-order valence-corrected chi connectivity index (χ1v) is 6.30. The molecule has 0 aromatic carbocycles. The second-order valence-electron chi connectivity index (χ2n) is 5.99. The quantitative estimate of drug-likeness (QED) is 0.806. The summed E-state index contributed by atoms with van der Waals surface area (Å²) in [6.07, 6.45) is 3.38. The maximum absolute atomic E-state index is 11.4. The second-order valence-corrected chi connectivity index (χ2v) is 5.99. The van der Waals surface area contributed by atoms with Crippen LogP contribution in [0.5, 0.6) is 0 Å². The smallest absolute Gasteiger partial charge is 0.309 e. The highest BCUT2D eigenvalue weighted by Crippen LogP contribution is 2.38. The third kappa shape index (κ3) is 2.76. The molecule has 0 aliphatic carbocycles. The van der Waals surface area contributed by atoms with Crippen molar-refractivity contribution < 1.29 is 9.90 Å². The molecular weight excluding hydrogens is 202 g/mol. The molecule has 1 N–H and O–H groups in total. The van der Waals surface area contributed by atoms with E-state index in [0.29, 0.717) is 0 Å². The number of hydrogen-bond donors (Lipinski definition) is 1. The van der Waals surface area contributed by atoms with Crippen LogP contribution in [0.4, 0.5) is 0 Å². The normalized spacial score (nSPS) is 22.0. The molecule has 1 aliphatic rings. The standard InChI is InChI=1S/C13H25NO2/c1-5-6-13(11(15)16)7-9-14(10-8-13)12(2,3)4/h5-10H2,1-4H3,(H,15,16). The average Bonchev–Trinajstić information content (AvgIpc) is 2.17. The Morgan fingerprint density at radius 2 is 1.81 bits per heavy atom. The van der Waals surface area contributed by atoms with Gasteiger partial charge in [-0.15, -0.1) is 0 Å². The summed E-state index contributed by atoms with van der Waals surface area (Å²) >= 11 is 0. The van der Waals surface area contributed by atoms with E-state index in [-0.39, 0.29) is 5.54 Å². The molecule has 1 saturated heterocycles. The Hall–Kier alpha value is -0.570. The van der Waals surface area contributed by atoms with Gasteiger partial charge in [-0.2, -0.15) is 0 Å². The number of rotatable bonds is 3. The molecule has 0 radical (unpaired) electrons. The lowest BCUT2D eigenvalue weighted by Gasteiger charge is -2.44. The minimum atomic E-state index is -0.595. The largest absolute Gasteiger partial charge is 0.481 e. The van der Waals surface area contributed by atoms with Crippen LogP contribution in [0, 0.1) is 5.41 Å². The van der Waals surface area contributed by atoms with Gasteiger partial charge < -0.3 is 5.11 Å². The van der Waals surface area contributed by atoms with Crippen molar-refractivity contribution in [1.82, 2.24) is 4.90 Å². The van der Waals surface area contributed by atoms with E-state index in [0.717, 1.165) is 38.8 Å². The van der Waals surface area contributed by atoms with Crippen LogP contribution in [-0.2, 0) is 4.79 Å². The molecule has 0 aromatic rings. The Morgan fingerprint density at radius 3 is 2.12 bits per heavy atom. The Balaban J connectivity index is 2.67. The van der Waals surface area contributed by atoms with Crippen LogP contribution in [0.1, 0.15) is 53.4 Å². The lowest BCUT2D eigenvalue weighted by molar-refractivity contribution is -0.153. The van der Waals surface area contributed by atoms with Crippen LogP contribution in [-0.4, -0.2) is 34.6 Å². The fourth-order valence-electron chi connectivity index (χ4n) is 2.65. The molecule has 0 aromatic heterocycles. The van der Waals surface area contributed by atoms with E-state index in [2.05, 4.69) is 32.6 Å². The third-order valence-electron chi connectivity index (χ3n) is 3.85. The molecule has 0 bridgehead atoms. The molecule has 0 spiro atoms. The average molecular weight is 227 g/mol. The minimum Gasteiger partial charge on any atom is -0.481 e. The molecule has 1 fully saturated rings. The fraction of sp³-hybridized carbons (Fsp3) is 0.923. The maximum Gasteiger partial charge on any atom is 0.309 e. The summed E-state index contributed by atoms with van der Waals surface area (Å²) in [4.78, 5) is 13.8. The summed E-state index contributed by atoms with van der Waals surface area (Å²) in [7, 11) is 0. The van der Waals surface area contributed by atoms with E-state index in [1.165, 1.54) is 0 Å². The number of nitrogens with zero attached hydrogens (tertiary/aromatic N) is 1. The highest BCUT2D eigenvalue weighted by molar-refractivity contribution is 5.74. The van der Waals surface area contributed by atoms with E-state index in [1.54, 1.807) is 0 Å². The molecule has 1 rings (SSSR count). The van der Waals surface area contributed by atoms with Crippen molar-refractivity contribution in [2.24, 2.45) is 5.41 Å². The molecule has 94 valence electrons. The topological polar surface area (TPSA) is 40.5 Å². The van der Waals surface area contributed by atoms with Crippen molar-refractivity contribution in [3.05, 3.63) is 0 Å². The summed E-state index contributed by atoms with van der Waals surface area (Å²) in [5, 5.41) is 9.39. The summed E-state index contributed by atoms with van der Waals surface area (Å²) in [5.74, 6) is -0.595. The minimum absolute atomic E-state index is 0.164. The van der Waals surface area contributed by atoms with Crippen molar-refractivity contribution in [3.8, 4) is 0 Å². The molecule has 1 heterocycles. The third-order valence-corrected chi connectivity index (χ3v) is 3.85. The first-order valence-electron chi connectivity index (χ1n) is 6.30. The second kappa shape index (κ2) is 4.74. The predicted molar refractivity (Wildman–Crippen MR) is 65.5 cm³/mol. The zero-order valence-corrected chi connectivity index (χ0v) is 11.0. The number of carbonyl (C=O) groups is 1. The van der Waals surface area contributed by atoms with Gasteiger partial charge in [0, 0.05) is 5.54 Å². The number of carboxylic acid groups (broad SMARTS) is 1. The Bertz CT molecular complexity index is 247. The van der Waals surface area contributed by atoms with Crippen molar-refractivity contribution in [3.63, 3.8) is 0 Å². The molecule has 3 heteroatoms. The van der Waals surface area contributed by atoms with Crippen molar-refractivity contribution in [2.45, 2.75) is 58.9 Å². The highest BCUT2D eigenvalue weighted by Gasteiger charge is 2.42. The Morgan fingerprint density at radius 1 is 1.31 bits per heavy atom. The maximum atomic E-state index is 11.4. The van der Waals surface area contributed by atoms with Gasteiger partial charge in [0.1, 0.15) is 0 Å². The lowest BCUT2D eigenvalue weighted by atomic mass is 9.74. The lowest BCUT2D eigenvalue weighted by Crippen LogP contribution is -2.51. The molecular formula is C13H25NO2. The summed E-state index contributed by atoms with van der Waals surface area (Å²) in [6, 6.07) is 0. The van der Waals surface area contributed by atoms with Crippen LogP contribution < -0.4 is 0 Å². The van der Waals surface area contributed by atoms with Crippen LogP contribution in [0.2, 0.25) is 0 Å². The van der Waals surface area contributed by atoms with Gasteiger partial charge in [-0.1, -0.05) is 13.3 Å². The van der Waals surface area contributed by atoms with Gasteiger partial charge in [0.05, 0.1) is 5.41 Å². The van der Waals surface area contributed by atoms with E-state index >= 15 is 0 Å². The van der Waals surface area contributed by atoms with Crippen molar-refractivity contribution in [1.29, 1.82) is 0 Å². The first kappa shape index (κ1) is 13.5. The van der Waals surface area contributed by atoms with Gasteiger partial charge in [0.2, 0.25) is 0 Å². The first-order chi connectivity index (χ1) is 7.32. The van der Waals surface area contributed by atoms with Gasteiger partial charge in [0.15, 0.2) is 0 Å². The van der Waals surface area contributed by atoms with Crippen molar-refractivity contribution in [2.75, 3.05) is 13.1 Å². The van der Waals surface area contributed by atoms with Crippen LogP contribution in [0.15, 0.2) is 0 Å². The van der Waals surface area contributed by atoms with Crippen LogP contribution >= 0.6 is 0 Å². The molecule has 0 saturated carbocycles. The molecule has 16 heavy (non-hydrogen) atoms. The van der Waals surface area contributed by atoms with Gasteiger partial charge in [-0.05, 0) is 53.1 Å². The van der Waals surface area contributed by atoms with Gasteiger partial charge in [-0.25, -0.2) is 0 Å². The number of carboxylic acids is 1. The van der Waals surface area contributed by atoms with Crippen LogP contribution in [0.3, 0.4) is 0 Å². The number of likely N-dealkylation sites (tertiary alicyclic amines) is 1. The fourth-order valence-corrected chi connectivity index (χ4v) is 2.65. The van der Waals surface area contributed by atoms with Crippen LogP contribution in [0.25, 0.3) is 0 Å². The van der Waals surface area contributed by atoms with Gasteiger partial charge >= 0.3 is 5.97 Å². The molecule has 0 atom stereocenters. The number of hydrogen-bond acceptors (Lipinski definition) is 2. The zero-order valence-electron chi connectivity index (χ0n) is 11.0. The Labute approximate surface area is 98.8 Å². The predicted octanol–water partition coefficient (Wildman–Crippen LogP) is 2.75. The zero-order chi connectivity index (χ0) is 12.4. The van der Waals surface area contributed by atoms with Crippen molar-refractivity contribution >= 4 is 5.97 Å². The van der Waals surface area contributed by atoms with E-state index in [4.69, 9.17) is 0 Å². The van der Waals surface area contributed by atoms with E-state index in [9.17, 15) is 9.90 Å². The summed E-state index contributed by atoms with van der Waals surface area (Å²) in [6.45, 7) is 10.5. The molecule has 1 aliphatic heterocycles. The molecule has 0 amide bonds. The van der Waals surface area contributed by atoms with Gasteiger partial charge in [-0.3, -0.25) is 9.69 Å². The number of piperidine rings is 1.